The van der Waals surface area contributed by atoms with E-state index in [9.17, 15) is 4.91 Å². The Bertz CT molecular complexity index is 615. The third-order valence-electron chi connectivity index (χ3n) is 4.14. The predicted octanol–water partition coefficient (Wildman–Crippen LogP) is 1.34. The van der Waals surface area contributed by atoms with Crippen LogP contribution in [0.15, 0.2) is 4.99 Å². The molecule has 112 valence electrons. The average molecular weight is 291 g/mol. The molecule has 2 aliphatic rings. The molecule has 2 heterocycles. The van der Waals surface area contributed by atoms with Crippen molar-refractivity contribution in [1.82, 2.24) is 9.97 Å². The molecule has 21 heavy (non-hydrogen) atoms. The number of hydrogen-bond donors (Lipinski definition) is 2. The van der Waals surface area contributed by atoms with E-state index in [0.717, 1.165) is 36.2 Å². The first-order valence-electron chi connectivity index (χ1n) is 7.08. The van der Waals surface area contributed by atoms with E-state index < -0.39 is 0 Å². The van der Waals surface area contributed by atoms with Crippen molar-refractivity contribution in [1.29, 1.82) is 0 Å². The van der Waals surface area contributed by atoms with Crippen LogP contribution in [0.4, 0.5) is 23.3 Å². The van der Waals surface area contributed by atoms with Crippen LogP contribution in [0.5, 0.6) is 0 Å². The van der Waals surface area contributed by atoms with Gasteiger partial charge in [-0.3, -0.25) is 0 Å². The summed E-state index contributed by atoms with van der Waals surface area (Å²) in [6.45, 7) is 0.174. The van der Waals surface area contributed by atoms with Gasteiger partial charge in [-0.25, -0.2) is 4.99 Å². The SMILES string of the molecule is COC1CCCCC1C1=Nc2c(N)nc(N)nc2[N+](=O)C1. The van der Waals surface area contributed by atoms with Crippen molar-refractivity contribution >= 4 is 29.0 Å². The van der Waals surface area contributed by atoms with Gasteiger partial charge in [0.25, 0.3) is 0 Å². The van der Waals surface area contributed by atoms with Crippen LogP contribution in [0.25, 0.3) is 0 Å². The maximum atomic E-state index is 12.2. The Labute approximate surface area is 122 Å². The van der Waals surface area contributed by atoms with Crippen molar-refractivity contribution in [3.63, 3.8) is 0 Å². The van der Waals surface area contributed by atoms with Crippen LogP contribution >= 0.6 is 0 Å². The number of methoxy groups -OCH3 is 1. The summed E-state index contributed by atoms with van der Waals surface area (Å²) >= 11 is 0. The van der Waals surface area contributed by atoms with Gasteiger partial charge in [0.1, 0.15) is 0 Å². The minimum atomic E-state index is -0.0156. The van der Waals surface area contributed by atoms with Gasteiger partial charge in [0.2, 0.25) is 5.69 Å². The second kappa shape index (κ2) is 5.36. The van der Waals surface area contributed by atoms with Crippen LogP contribution in [0.3, 0.4) is 0 Å². The minimum absolute atomic E-state index is 0.0156. The molecule has 0 radical (unpaired) electrons. The molecule has 8 heteroatoms. The Hall–Kier alpha value is -2.09. The second-order valence-corrected chi connectivity index (χ2v) is 5.44. The third kappa shape index (κ3) is 2.46. The monoisotopic (exact) mass is 291 g/mol. The summed E-state index contributed by atoms with van der Waals surface area (Å²) in [6.07, 6.45) is 4.31. The highest BCUT2D eigenvalue weighted by Gasteiger charge is 2.37. The van der Waals surface area contributed by atoms with Gasteiger partial charge < -0.3 is 16.2 Å². The molecule has 1 saturated carbocycles. The number of aromatic nitrogens is 2. The summed E-state index contributed by atoms with van der Waals surface area (Å²) in [5.74, 6) is 0.414. The molecule has 4 N–H and O–H groups in total. The fraction of sp³-hybridized carbons (Fsp3) is 0.615. The van der Waals surface area contributed by atoms with Crippen molar-refractivity contribution in [3.05, 3.63) is 4.91 Å². The molecular formula is C13H19N6O2+. The van der Waals surface area contributed by atoms with Crippen LogP contribution in [-0.4, -0.2) is 40.2 Å². The number of anilines is 2. The molecule has 0 aromatic carbocycles. The van der Waals surface area contributed by atoms with Gasteiger partial charge in [-0.1, -0.05) is 17.7 Å². The van der Waals surface area contributed by atoms with E-state index >= 15 is 0 Å². The molecule has 1 aromatic rings. The Balaban J connectivity index is 2.01. The smallest absolute Gasteiger partial charge is 0.381 e. The van der Waals surface area contributed by atoms with E-state index in [1.165, 1.54) is 0 Å². The number of nitrogens with zero attached hydrogens (tertiary/aromatic N) is 4. The number of hydrogen-bond acceptors (Lipinski definition) is 7. The lowest BCUT2D eigenvalue weighted by atomic mass is 9.82. The lowest BCUT2D eigenvalue weighted by molar-refractivity contribution is -0.451. The summed E-state index contributed by atoms with van der Waals surface area (Å²) in [5.41, 5.74) is 12.5. The first-order chi connectivity index (χ1) is 10.1. The van der Waals surface area contributed by atoms with E-state index in [2.05, 4.69) is 15.0 Å². The van der Waals surface area contributed by atoms with Gasteiger partial charge in [0.05, 0.1) is 11.8 Å². The van der Waals surface area contributed by atoms with Crippen LogP contribution in [0, 0.1) is 10.8 Å². The second-order valence-electron chi connectivity index (χ2n) is 5.44. The molecule has 2 unspecified atom stereocenters. The van der Waals surface area contributed by atoms with Crippen molar-refractivity contribution in [2.24, 2.45) is 10.9 Å². The Kier molecular flexibility index (Phi) is 3.54. The molecule has 2 atom stereocenters. The van der Waals surface area contributed by atoms with Gasteiger partial charge in [-0.2, -0.15) is 4.98 Å². The van der Waals surface area contributed by atoms with Gasteiger partial charge >= 0.3 is 11.8 Å². The predicted molar refractivity (Wildman–Crippen MR) is 78.9 cm³/mol. The largest absolute Gasteiger partial charge is 0.395 e. The highest BCUT2D eigenvalue weighted by molar-refractivity contribution is 5.94. The normalized spacial score (nSPS) is 25.4. The molecule has 0 bridgehead atoms. The topological polar surface area (TPSA) is 119 Å². The molecule has 1 fully saturated rings. The van der Waals surface area contributed by atoms with Crippen molar-refractivity contribution in [3.8, 4) is 0 Å². The molecule has 8 nitrogen and oxygen atoms in total. The van der Waals surface area contributed by atoms with Gasteiger partial charge in [0.15, 0.2) is 12.4 Å². The van der Waals surface area contributed by atoms with Crippen LogP contribution < -0.4 is 11.5 Å². The highest BCUT2D eigenvalue weighted by Crippen LogP contribution is 2.37. The summed E-state index contributed by atoms with van der Waals surface area (Å²) < 4.78 is 6.33. The summed E-state index contributed by atoms with van der Waals surface area (Å²) in [6, 6.07) is 0. The third-order valence-corrected chi connectivity index (χ3v) is 4.14. The van der Waals surface area contributed by atoms with Crippen molar-refractivity contribution < 1.29 is 9.50 Å². The maximum absolute atomic E-state index is 12.2. The summed E-state index contributed by atoms with van der Waals surface area (Å²) in [7, 11) is 1.70. The maximum Gasteiger partial charge on any atom is 0.395 e. The molecule has 0 saturated heterocycles. The first-order valence-corrected chi connectivity index (χ1v) is 7.08. The van der Waals surface area contributed by atoms with Crippen LogP contribution in [0.2, 0.25) is 0 Å². The van der Waals surface area contributed by atoms with Crippen molar-refractivity contribution in [2.45, 2.75) is 31.8 Å². The summed E-state index contributed by atoms with van der Waals surface area (Å²) in [4.78, 5) is 24.6. The zero-order chi connectivity index (χ0) is 15.0. The lowest BCUT2D eigenvalue weighted by Crippen LogP contribution is -2.37. The van der Waals surface area contributed by atoms with Crippen LogP contribution in [0.1, 0.15) is 25.7 Å². The molecule has 1 aromatic heterocycles. The Morgan fingerprint density at radius 3 is 2.76 bits per heavy atom. The number of fused-ring (bicyclic) bond motifs is 1. The van der Waals surface area contributed by atoms with Gasteiger partial charge in [-0.15, -0.1) is 0 Å². The Morgan fingerprint density at radius 1 is 1.24 bits per heavy atom. The zero-order valence-corrected chi connectivity index (χ0v) is 12.0. The first kappa shape index (κ1) is 13.9. The number of nitrogen functional groups attached to an aromatic ring is 2. The van der Waals surface area contributed by atoms with Gasteiger partial charge in [0, 0.05) is 18.0 Å². The van der Waals surface area contributed by atoms with E-state index in [4.69, 9.17) is 16.2 Å². The van der Waals surface area contributed by atoms with Crippen molar-refractivity contribution in [2.75, 3.05) is 25.1 Å². The van der Waals surface area contributed by atoms with E-state index in [1.807, 2.05) is 0 Å². The molecule has 1 aliphatic heterocycles. The molecular weight excluding hydrogens is 272 g/mol. The quantitative estimate of drug-likeness (QED) is 0.793. The molecule has 3 rings (SSSR count). The minimum Gasteiger partial charge on any atom is -0.381 e. The fourth-order valence-electron chi connectivity index (χ4n) is 3.12. The van der Waals surface area contributed by atoms with Gasteiger partial charge in [-0.05, 0) is 17.6 Å². The van der Waals surface area contributed by atoms with E-state index in [1.54, 1.807) is 7.11 Å². The molecule has 1 aliphatic carbocycles. The zero-order valence-electron chi connectivity index (χ0n) is 12.0. The van der Waals surface area contributed by atoms with E-state index in [-0.39, 0.29) is 36.2 Å². The number of nitroso groups, excluding NO2 is 1. The number of aliphatic imine (C=N–C) groups is 1. The van der Waals surface area contributed by atoms with E-state index in [0.29, 0.717) is 5.69 Å². The molecule has 0 spiro atoms. The van der Waals surface area contributed by atoms with Crippen LogP contribution in [-0.2, 0) is 4.74 Å². The number of rotatable bonds is 2. The Morgan fingerprint density at radius 2 is 2.00 bits per heavy atom. The number of nitrogens with two attached hydrogens (primary N) is 2. The fourth-order valence-corrected chi connectivity index (χ4v) is 3.12. The molecule has 0 amide bonds. The lowest BCUT2D eigenvalue weighted by Gasteiger charge is -2.31. The average Bonchev–Trinajstić information content (AvgIpc) is 2.48. The summed E-state index contributed by atoms with van der Waals surface area (Å²) in [5, 5.41) is 0. The highest BCUT2D eigenvalue weighted by atomic mass is 16.5. The standard InChI is InChI=1S/C13H19N6O2/c1-21-9-5-3-2-4-7(9)8-6-19(20)12-10(16-8)11(14)17-13(15)18-12/h7,9H,2-6H2,1H3,(H4,14,15,17,18)/q+1. The number of ether oxygens (including phenoxy) is 1.